The van der Waals surface area contributed by atoms with E-state index in [1.807, 2.05) is 0 Å². The number of allylic oxidation sites excluding steroid dienone is 2. The first kappa shape index (κ1) is 44.4. The van der Waals surface area contributed by atoms with Crippen LogP contribution in [0.3, 0.4) is 0 Å². The summed E-state index contributed by atoms with van der Waals surface area (Å²) in [4.78, 5) is 61.2. The maximum absolute atomic E-state index is 15.2. The van der Waals surface area contributed by atoms with Crippen LogP contribution in [0.15, 0.2) is 36.4 Å². The molecule has 0 fully saturated rings. The van der Waals surface area contributed by atoms with Crippen molar-refractivity contribution in [3.8, 4) is 11.5 Å². The number of nitrogens with one attached hydrogen (secondary N) is 2. The van der Waals surface area contributed by atoms with Crippen LogP contribution in [0.5, 0.6) is 11.5 Å². The lowest BCUT2D eigenvalue weighted by Gasteiger charge is -2.14. The van der Waals surface area contributed by atoms with E-state index in [9.17, 15) is 29.4 Å². The molecule has 8 N–H and O–H groups in total. The molecule has 0 aliphatic carbocycles. The van der Waals surface area contributed by atoms with Crippen LogP contribution in [0.1, 0.15) is 79.8 Å². The number of hydrogen-bond acceptors (Lipinski definition) is 12. The van der Waals surface area contributed by atoms with Crippen LogP contribution in [0.4, 0.5) is 20.7 Å². The van der Waals surface area contributed by atoms with Crippen molar-refractivity contribution in [2.24, 2.45) is 11.5 Å². The highest BCUT2D eigenvalue weighted by atomic mass is 19.1. The van der Waals surface area contributed by atoms with Crippen molar-refractivity contribution in [2.45, 2.75) is 66.7 Å². The molecule has 22 heteroatoms. The molecule has 62 heavy (non-hydrogen) atoms. The number of primary amides is 2. The van der Waals surface area contributed by atoms with E-state index < -0.39 is 35.3 Å². The Kier molecular flexibility index (Phi) is 13.6. The van der Waals surface area contributed by atoms with Gasteiger partial charge in [-0.25, -0.2) is 18.7 Å². The second-order valence-electron chi connectivity index (χ2n) is 13.9. The van der Waals surface area contributed by atoms with Crippen LogP contribution < -0.4 is 31.6 Å². The van der Waals surface area contributed by atoms with Gasteiger partial charge in [-0.1, -0.05) is 12.2 Å². The maximum atomic E-state index is 15.2. The fraction of sp³-hybridized carbons (Fsp3) is 0.350. The smallest absolute Gasteiger partial charge is 0.279 e. The number of nitrogens with zero attached hydrogens (tertiary/aromatic N) is 8. The number of benzene rings is 2. The summed E-state index contributed by atoms with van der Waals surface area (Å²) in [6, 6.07) is 5.64. The van der Waals surface area contributed by atoms with E-state index in [-0.39, 0.29) is 134 Å². The van der Waals surface area contributed by atoms with Gasteiger partial charge in [0.1, 0.15) is 22.5 Å². The van der Waals surface area contributed by atoms with Crippen molar-refractivity contribution in [3.63, 3.8) is 0 Å². The largest absolute Gasteiger partial charge is 0.491 e. The zero-order chi connectivity index (χ0) is 44.8. The van der Waals surface area contributed by atoms with Crippen LogP contribution in [-0.2, 0) is 26.2 Å². The highest BCUT2D eigenvalue weighted by molar-refractivity contribution is 6.05. The first-order valence-electron chi connectivity index (χ1n) is 19.6. The monoisotopic (exact) mass is 860 g/mol. The summed E-state index contributed by atoms with van der Waals surface area (Å²) in [5.74, 6) is -4.71. The topological polar surface area (TPSA) is 275 Å². The van der Waals surface area contributed by atoms with Crippen molar-refractivity contribution in [2.75, 3.05) is 37.1 Å². The number of aromatic nitrogens is 8. The number of carbonyl (C=O) groups excluding carboxylic acids is 4. The molecule has 2 aromatic carbocycles. The molecule has 0 atom stereocenters. The highest BCUT2D eigenvalue weighted by Crippen LogP contribution is 2.33. The summed E-state index contributed by atoms with van der Waals surface area (Å²) in [7, 11) is 0. The molecule has 20 nitrogen and oxygen atoms in total. The third-order valence-corrected chi connectivity index (χ3v) is 9.63. The molecule has 328 valence electrons. The lowest BCUT2D eigenvalue weighted by molar-refractivity contribution is 0.0991. The number of carbonyl (C=O) groups is 4. The van der Waals surface area contributed by atoms with Gasteiger partial charge in [0.25, 0.3) is 11.8 Å². The Hall–Kier alpha value is -7.20. The second-order valence-corrected chi connectivity index (χ2v) is 13.9. The summed E-state index contributed by atoms with van der Waals surface area (Å²) in [5, 5.41) is 32.4. The van der Waals surface area contributed by atoms with Gasteiger partial charge in [0, 0.05) is 63.4 Å². The van der Waals surface area contributed by atoms with Gasteiger partial charge in [0.2, 0.25) is 23.7 Å². The molecule has 4 heterocycles. The summed E-state index contributed by atoms with van der Waals surface area (Å²) < 4.78 is 47.9. The van der Waals surface area contributed by atoms with E-state index in [0.29, 0.717) is 11.0 Å². The Labute approximate surface area is 352 Å². The molecule has 4 amide bonds. The van der Waals surface area contributed by atoms with E-state index in [0.717, 1.165) is 0 Å². The number of hydrogen-bond donors (Lipinski definition) is 6. The van der Waals surface area contributed by atoms with Gasteiger partial charge >= 0.3 is 0 Å². The number of fused-ring (bicyclic) bond motifs is 2. The fourth-order valence-electron chi connectivity index (χ4n) is 6.70. The predicted octanol–water partition coefficient (Wildman–Crippen LogP) is 3.20. The third-order valence-electron chi connectivity index (χ3n) is 9.63. The number of aliphatic hydroxyl groups is 2. The number of ether oxygens (including phenoxy) is 2. The number of imidazole rings is 2. The van der Waals surface area contributed by atoms with Crippen LogP contribution in [-0.4, -0.2) is 98.9 Å². The van der Waals surface area contributed by atoms with E-state index in [1.54, 1.807) is 35.1 Å². The van der Waals surface area contributed by atoms with Gasteiger partial charge in [-0.15, -0.1) is 0 Å². The Morgan fingerprint density at radius 2 is 1.08 bits per heavy atom. The average molecular weight is 861 g/mol. The molecule has 0 bridgehead atoms. The molecule has 0 saturated carbocycles. The standard InChI is InChI=1S/C40H46F2N12O8/c1-5-53-33(29(41)21(3)49-53)37(59)47-39-45-25-17-23(35(43)57)19-27(61-15-9-13-55)31(25)51(39)11-7-8-12-52-32-26(18-24(36(44)58)20-28(32)62-16-10-14-56)46-40(52)48-38(60)34-30(42)22(4)50-54(34)6-2/h7-8,17-20,55-56H,5-6,9-16H2,1-4H3,(H2,43,57)(H2,44,58)(H,45,47,59)(H,46,48,60)/b8-7+. The van der Waals surface area contributed by atoms with Gasteiger partial charge in [-0.3, -0.25) is 39.2 Å². The number of aliphatic hydroxyl groups excluding tert-OH is 2. The minimum Gasteiger partial charge on any atom is -0.491 e. The Bertz CT molecular complexity index is 2530. The van der Waals surface area contributed by atoms with Crippen molar-refractivity contribution < 1.29 is 47.6 Å². The van der Waals surface area contributed by atoms with Crippen molar-refractivity contribution in [1.82, 2.24) is 38.7 Å². The molecule has 6 aromatic rings. The van der Waals surface area contributed by atoms with E-state index in [4.69, 9.17) is 20.9 Å². The first-order chi connectivity index (χ1) is 29.7. The van der Waals surface area contributed by atoms with Crippen molar-refractivity contribution in [3.05, 3.63) is 82.0 Å². The summed E-state index contributed by atoms with van der Waals surface area (Å²) in [5.41, 5.74) is 11.8. The summed E-state index contributed by atoms with van der Waals surface area (Å²) in [6.45, 7) is 6.30. The summed E-state index contributed by atoms with van der Waals surface area (Å²) in [6.07, 6.45) is 3.84. The SMILES string of the molecule is CCn1nc(C)c(F)c1C(=O)Nc1nc2cc(C(N)=O)cc(OCCCO)c2n1C/C=C/Cn1c(NC(=O)c2c(F)c(C)nn2CC)nc2cc(C(N)=O)cc(OCCCO)c21. The predicted molar refractivity (Wildman–Crippen MR) is 221 cm³/mol. The molecule has 6 rings (SSSR count). The average Bonchev–Trinajstić information content (AvgIpc) is 3.95. The van der Waals surface area contributed by atoms with Crippen molar-refractivity contribution >= 4 is 57.6 Å². The minimum atomic E-state index is -0.853. The molecular weight excluding hydrogens is 815 g/mol. The highest BCUT2D eigenvalue weighted by Gasteiger charge is 2.27. The second kappa shape index (κ2) is 19.0. The normalized spacial score (nSPS) is 11.5. The minimum absolute atomic E-state index is 0.0192. The van der Waals surface area contributed by atoms with Crippen LogP contribution in [0, 0.1) is 25.5 Å². The molecule has 0 unspecified atom stereocenters. The van der Waals surface area contributed by atoms with Crippen LogP contribution in [0.2, 0.25) is 0 Å². The fourth-order valence-corrected chi connectivity index (χ4v) is 6.70. The number of amides is 4. The number of nitrogens with two attached hydrogens (primary N) is 2. The molecule has 0 spiro atoms. The summed E-state index contributed by atoms with van der Waals surface area (Å²) >= 11 is 0. The molecule has 0 radical (unpaired) electrons. The zero-order valence-electron chi connectivity index (χ0n) is 34.4. The van der Waals surface area contributed by atoms with Gasteiger partial charge < -0.3 is 40.3 Å². The first-order valence-corrected chi connectivity index (χ1v) is 19.6. The van der Waals surface area contributed by atoms with Gasteiger partial charge in [0.15, 0.2) is 23.0 Å². The van der Waals surface area contributed by atoms with E-state index in [2.05, 4.69) is 30.8 Å². The molecule has 0 aliphatic rings. The van der Waals surface area contributed by atoms with Gasteiger partial charge in [-0.05, 0) is 52.0 Å². The number of aryl methyl sites for hydroxylation is 4. The Morgan fingerprint density at radius 3 is 1.42 bits per heavy atom. The number of anilines is 2. The molecule has 0 saturated heterocycles. The van der Waals surface area contributed by atoms with Crippen LogP contribution in [0.25, 0.3) is 22.1 Å². The molecule has 4 aromatic heterocycles. The number of rotatable bonds is 20. The quantitative estimate of drug-likeness (QED) is 0.0477. The molecule has 0 aliphatic heterocycles. The third kappa shape index (κ3) is 8.95. The Balaban J connectivity index is 1.45. The molecular formula is C40H46F2N12O8. The van der Waals surface area contributed by atoms with E-state index >= 15 is 8.78 Å². The lowest BCUT2D eigenvalue weighted by Crippen LogP contribution is -2.21. The van der Waals surface area contributed by atoms with Gasteiger partial charge in [0.05, 0.1) is 35.6 Å². The Morgan fingerprint density at radius 1 is 0.694 bits per heavy atom. The van der Waals surface area contributed by atoms with E-state index in [1.165, 1.54) is 47.5 Å². The van der Waals surface area contributed by atoms with Crippen molar-refractivity contribution in [1.29, 1.82) is 0 Å². The number of halogens is 2. The zero-order valence-corrected chi connectivity index (χ0v) is 34.4. The lowest BCUT2D eigenvalue weighted by atomic mass is 10.1. The van der Waals surface area contributed by atoms with Gasteiger partial charge in [-0.2, -0.15) is 10.2 Å². The maximum Gasteiger partial charge on any atom is 0.279 e. The van der Waals surface area contributed by atoms with Crippen LogP contribution >= 0.6 is 0 Å².